The SMILES string of the molecule is COC(=O)/C=C(/Nc1cccc(-c2ccc(OC)cc2OC)c1)C(=O)OC. The minimum absolute atomic E-state index is 0.0387. The van der Waals surface area contributed by atoms with E-state index in [4.69, 9.17) is 14.2 Å². The number of nitrogens with one attached hydrogen (secondary N) is 1. The summed E-state index contributed by atoms with van der Waals surface area (Å²) in [5.74, 6) is -0.0348. The van der Waals surface area contributed by atoms with E-state index in [2.05, 4.69) is 10.1 Å². The summed E-state index contributed by atoms with van der Waals surface area (Å²) in [6.45, 7) is 0. The Bertz CT molecular complexity index is 859. The number of esters is 2. The van der Waals surface area contributed by atoms with E-state index in [1.165, 1.54) is 14.2 Å². The molecular weight excluding hydrogens is 350 g/mol. The van der Waals surface area contributed by atoms with Crippen LogP contribution in [-0.4, -0.2) is 40.4 Å². The largest absolute Gasteiger partial charge is 0.497 e. The number of carbonyl (C=O) groups is 2. The Kier molecular flexibility index (Phi) is 6.82. The zero-order chi connectivity index (χ0) is 19.8. The van der Waals surface area contributed by atoms with Gasteiger partial charge in [-0.2, -0.15) is 0 Å². The summed E-state index contributed by atoms with van der Waals surface area (Å²) in [7, 11) is 5.62. The molecule has 1 N–H and O–H groups in total. The maximum atomic E-state index is 11.9. The van der Waals surface area contributed by atoms with Crippen molar-refractivity contribution in [1.82, 2.24) is 0 Å². The van der Waals surface area contributed by atoms with E-state index in [0.717, 1.165) is 17.2 Å². The summed E-state index contributed by atoms with van der Waals surface area (Å²) in [6.07, 6.45) is 1.03. The second kappa shape index (κ2) is 9.28. The average molecular weight is 371 g/mol. The van der Waals surface area contributed by atoms with Gasteiger partial charge >= 0.3 is 11.9 Å². The van der Waals surface area contributed by atoms with Crippen LogP contribution in [0.15, 0.2) is 54.2 Å². The van der Waals surface area contributed by atoms with Crippen molar-refractivity contribution in [3.63, 3.8) is 0 Å². The van der Waals surface area contributed by atoms with Gasteiger partial charge in [-0.1, -0.05) is 12.1 Å². The lowest BCUT2D eigenvalue weighted by Gasteiger charge is -2.13. The summed E-state index contributed by atoms with van der Waals surface area (Å²) in [4.78, 5) is 23.4. The molecule has 142 valence electrons. The van der Waals surface area contributed by atoms with Gasteiger partial charge in [0, 0.05) is 17.3 Å². The van der Waals surface area contributed by atoms with Crippen LogP contribution in [0.25, 0.3) is 11.1 Å². The van der Waals surface area contributed by atoms with Gasteiger partial charge in [0.1, 0.15) is 17.2 Å². The first-order valence-corrected chi connectivity index (χ1v) is 7.99. The first-order valence-electron chi connectivity index (χ1n) is 7.99. The molecule has 27 heavy (non-hydrogen) atoms. The van der Waals surface area contributed by atoms with Gasteiger partial charge in [-0.25, -0.2) is 9.59 Å². The van der Waals surface area contributed by atoms with E-state index >= 15 is 0 Å². The molecule has 0 radical (unpaired) electrons. The lowest BCUT2D eigenvalue weighted by atomic mass is 10.0. The molecule has 7 heteroatoms. The number of methoxy groups -OCH3 is 4. The molecule has 0 saturated carbocycles. The van der Waals surface area contributed by atoms with Gasteiger partial charge in [0.25, 0.3) is 0 Å². The fraction of sp³-hybridized carbons (Fsp3) is 0.200. The first-order chi connectivity index (χ1) is 13.0. The molecule has 2 aromatic rings. The zero-order valence-electron chi connectivity index (χ0n) is 15.6. The molecule has 0 fully saturated rings. The van der Waals surface area contributed by atoms with Crippen molar-refractivity contribution < 1.29 is 28.5 Å². The van der Waals surface area contributed by atoms with Crippen LogP contribution in [0, 0.1) is 0 Å². The molecule has 0 aliphatic heterocycles. The Balaban J connectivity index is 2.38. The van der Waals surface area contributed by atoms with Crippen LogP contribution in [-0.2, 0) is 19.1 Å². The summed E-state index contributed by atoms with van der Waals surface area (Å²) >= 11 is 0. The average Bonchev–Trinajstić information content (AvgIpc) is 2.72. The lowest BCUT2D eigenvalue weighted by Crippen LogP contribution is -2.15. The number of rotatable bonds is 7. The van der Waals surface area contributed by atoms with Gasteiger partial charge in [-0.3, -0.25) is 0 Å². The van der Waals surface area contributed by atoms with Crippen molar-refractivity contribution in [2.24, 2.45) is 0 Å². The molecule has 2 aromatic carbocycles. The first kappa shape index (κ1) is 19.8. The molecule has 0 amide bonds. The van der Waals surface area contributed by atoms with Gasteiger partial charge in [-0.15, -0.1) is 0 Å². The van der Waals surface area contributed by atoms with Gasteiger partial charge < -0.3 is 24.3 Å². The molecule has 0 bridgehead atoms. The Morgan fingerprint density at radius 3 is 2.33 bits per heavy atom. The van der Waals surface area contributed by atoms with Crippen LogP contribution >= 0.6 is 0 Å². The minimum Gasteiger partial charge on any atom is -0.497 e. The maximum Gasteiger partial charge on any atom is 0.354 e. The highest BCUT2D eigenvalue weighted by atomic mass is 16.5. The van der Waals surface area contributed by atoms with Crippen LogP contribution < -0.4 is 14.8 Å². The third-order valence-electron chi connectivity index (χ3n) is 3.73. The third-order valence-corrected chi connectivity index (χ3v) is 3.73. The fourth-order valence-corrected chi connectivity index (χ4v) is 2.39. The summed E-state index contributed by atoms with van der Waals surface area (Å²) < 4.78 is 19.9. The van der Waals surface area contributed by atoms with Crippen LogP contribution in [0.5, 0.6) is 11.5 Å². The summed E-state index contributed by atoms with van der Waals surface area (Å²) in [6, 6.07) is 12.8. The van der Waals surface area contributed by atoms with Crippen molar-refractivity contribution in [3.05, 3.63) is 54.2 Å². The van der Waals surface area contributed by atoms with Gasteiger partial charge in [0.15, 0.2) is 0 Å². The zero-order valence-corrected chi connectivity index (χ0v) is 15.6. The van der Waals surface area contributed by atoms with Crippen molar-refractivity contribution in [3.8, 4) is 22.6 Å². The van der Waals surface area contributed by atoms with E-state index in [1.54, 1.807) is 26.4 Å². The van der Waals surface area contributed by atoms with Crippen LogP contribution in [0.1, 0.15) is 0 Å². The van der Waals surface area contributed by atoms with Crippen molar-refractivity contribution >= 4 is 17.6 Å². The number of anilines is 1. The predicted molar refractivity (Wildman–Crippen MR) is 101 cm³/mol. The van der Waals surface area contributed by atoms with Crippen molar-refractivity contribution in [2.75, 3.05) is 33.8 Å². The highest BCUT2D eigenvalue weighted by molar-refractivity contribution is 5.98. The topological polar surface area (TPSA) is 83.1 Å². The number of benzene rings is 2. The molecule has 0 saturated heterocycles. The molecule has 0 unspecified atom stereocenters. The quantitative estimate of drug-likeness (QED) is 0.592. The highest BCUT2D eigenvalue weighted by Crippen LogP contribution is 2.34. The summed E-state index contributed by atoms with van der Waals surface area (Å²) in [5.41, 5.74) is 2.24. The molecule has 0 atom stereocenters. The smallest absolute Gasteiger partial charge is 0.354 e. The number of hydrogen-bond acceptors (Lipinski definition) is 7. The van der Waals surface area contributed by atoms with Crippen LogP contribution in [0.2, 0.25) is 0 Å². The molecule has 0 heterocycles. The normalized spacial score (nSPS) is 10.7. The second-order valence-corrected chi connectivity index (χ2v) is 5.34. The molecule has 0 aliphatic carbocycles. The Morgan fingerprint density at radius 1 is 0.926 bits per heavy atom. The molecule has 0 aliphatic rings. The van der Waals surface area contributed by atoms with E-state index in [9.17, 15) is 9.59 Å². The Hall–Kier alpha value is -3.48. The number of carbonyl (C=O) groups excluding carboxylic acids is 2. The molecule has 7 nitrogen and oxygen atoms in total. The third kappa shape index (κ3) is 5.01. The van der Waals surface area contributed by atoms with E-state index in [1.807, 2.05) is 30.3 Å². The lowest BCUT2D eigenvalue weighted by molar-refractivity contribution is -0.138. The minimum atomic E-state index is -0.687. The second-order valence-electron chi connectivity index (χ2n) is 5.34. The summed E-state index contributed by atoms with van der Waals surface area (Å²) in [5, 5.41) is 2.89. The molecular formula is C20H21NO6. The van der Waals surface area contributed by atoms with Gasteiger partial charge in [-0.05, 0) is 29.8 Å². The fourth-order valence-electron chi connectivity index (χ4n) is 2.39. The monoisotopic (exact) mass is 371 g/mol. The van der Waals surface area contributed by atoms with Crippen LogP contribution in [0.3, 0.4) is 0 Å². The van der Waals surface area contributed by atoms with Gasteiger partial charge in [0.2, 0.25) is 0 Å². The van der Waals surface area contributed by atoms with Gasteiger partial charge in [0.05, 0.1) is 34.5 Å². The predicted octanol–water partition coefficient (Wildman–Crippen LogP) is 3.01. The van der Waals surface area contributed by atoms with Crippen molar-refractivity contribution in [1.29, 1.82) is 0 Å². The molecule has 0 aromatic heterocycles. The molecule has 0 spiro atoms. The van der Waals surface area contributed by atoms with Crippen molar-refractivity contribution in [2.45, 2.75) is 0 Å². The Labute approximate surface area is 157 Å². The number of hydrogen-bond donors (Lipinski definition) is 1. The van der Waals surface area contributed by atoms with E-state index in [-0.39, 0.29) is 5.70 Å². The number of ether oxygens (including phenoxy) is 4. The van der Waals surface area contributed by atoms with Crippen LogP contribution in [0.4, 0.5) is 5.69 Å². The van der Waals surface area contributed by atoms with E-state index < -0.39 is 11.9 Å². The highest BCUT2D eigenvalue weighted by Gasteiger charge is 2.14. The molecule has 2 rings (SSSR count). The van der Waals surface area contributed by atoms with E-state index in [0.29, 0.717) is 17.2 Å². The standard InChI is InChI=1S/C20H21NO6/c1-24-15-8-9-16(18(11-15)25-2)13-6-5-7-14(10-13)21-17(20(23)27-4)12-19(22)26-3/h5-12,21H,1-4H3/b17-12+. The Morgan fingerprint density at radius 2 is 1.70 bits per heavy atom. The maximum absolute atomic E-state index is 11.9.